The molecule has 5 nitrogen and oxygen atoms in total. The maximum atomic E-state index is 11.8. The Balaban J connectivity index is 3.13. The van der Waals surface area contributed by atoms with Gasteiger partial charge in [-0.25, -0.2) is 4.98 Å². The Morgan fingerprint density at radius 1 is 1.47 bits per heavy atom. The zero-order valence-corrected chi connectivity index (χ0v) is 7.41. The van der Waals surface area contributed by atoms with Crippen LogP contribution >= 0.6 is 0 Å². The van der Waals surface area contributed by atoms with E-state index in [-0.39, 0.29) is 5.69 Å². The molecule has 0 fully saturated rings. The SMILES string of the molecule is Cc1ccc([N+](=O)[O-])c(OC(F)(F)F)n1. The summed E-state index contributed by atoms with van der Waals surface area (Å²) in [5.74, 6) is -1.05. The first-order valence-electron chi connectivity index (χ1n) is 3.67. The first-order valence-corrected chi connectivity index (χ1v) is 3.67. The van der Waals surface area contributed by atoms with E-state index in [2.05, 4.69) is 9.72 Å². The number of rotatable bonds is 2. The third-order valence-electron chi connectivity index (χ3n) is 1.39. The molecule has 82 valence electrons. The Kier molecular flexibility index (Phi) is 2.78. The van der Waals surface area contributed by atoms with Crippen molar-refractivity contribution in [3.8, 4) is 5.88 Å². The van der Waals surface area contributed by atoms with Gasteiger partial charge in [0.2, 0.25) is 0 Å². The molecular formula is C7H5F3N2O3. The molecule has 0 radical (unpaired) electrons. The second-order valence-electron chi connectivity index (χ2n) is 2.58. The van der Waals surface area contributed by atoms with Gasteiger partial charge in [-0.2, -0.15) is 0 Å². The Morgan fingerprint density at radius 2 is 2.07 bits per heavy atom. The molecule has 8 heteroatoms. The molecule has 0 N–H and O–H groups in total. The Labute approximate surface area is 81.6 Å². The van der Waals surface area contributed by atoms with Gasteiger partial charge in [-0.3, -0.25) is 10.1 Å². The van der Waals surface area contributed by atoms with Crippen molar-refractivity contribution in [2.75, 3.05) is 0 Å². The molecule has 0 aliphatic heterocycles. The average molecular weight is 222 g/mol. The van der Waals surface area contributed by atoms with Gasteiger partial charge in [0.15, 0.2) is 0 Å². The van der Waals surface area contributed by atoms with Crippen molar-refractivity contribution >= 4 is 5.69 Å². The number of nitro groups is 1. The number of nitrogens with zero attached hydrogens (tertiary/aromatic N) is 2. The van der Waals surface area contributed by atoms with Crippen LogP contribution in [0.1, 0.15) is 5.69 Å². The van der Waals surface area contributed by atoms with Crippen molar-refractivity contribution in [2.45, 2.75) is 13.3 Å². The molecule has 0 aliphatic rings. The molecule has 1 aromatic heterocycles. The lowest BCUT2D eigenvalue weighted by Crippen LogP contribution is -2.19. The number of aryl methyl sites for hydroxylation is 1. The van der Waals surface area contributed by atoms with Crippen molar-refractivity contribution in [3.05, 3.63) is 27.9 Å². The van der Waals surface area contributed by atoms with Crippen molar-refractivity contribution in [3.63, 3.8) is 0 Å². The molecule has 0 spiro atoms. The molecule has 0 saturated heterocycles. The molecule has 0 bridgehead atoms. The van der Waals surface area contributed by atoms with Crippen LogP contribution in [0, 0.1) is 17.0 Å². The van der Waals surface area contributed by atoms with Crippen LogP contribution in [-0.4, -0.2) is 16.3 Å². The van der Waals surface area contributed by atoms with Gasteiger partial charge in [-0.15, -0.1) is 13.2 Å². The van der Waals surface area contributed by atoms with Crippen LogP contribution < -0.4 is 4.74 Å². The molecule has 0 unspecified atom stereocenters. The largest absolute Gasteiger partial charge is 0.574 e. The maximum absolute atomic E-state index is 11.8. The molecular weight excluding hydrogens is 217 g/mol. The summed E-state index contributed by atoms with van der Waals surface area (Å²) in [5, 5.41) is 10.3. The van der Waals surface area contributed by atoms with Crippen molar-refractivity contribution < 1.29 is 22.8 Å². The summed E-state index contributed by atoms with van der Waals surface area (Å²) in [7, 11) is 0. The third kappa shape index (κ3) is 3.08. The molecule has 0 saturated carbocycles. The van der Waals surface area contributed by atoms with E-state index in [4.69, 9.17) is 0 Å². The number of alkyl halides is 3. The summed E-state index contributed by atoms with van der Waals surface area (Å²) < 4.78 is 38.9. The van der Waals surface area contributed by atoms with Crippen LogP contribution in [0.3, 0.4) is 0 Å². The number of hydrogen-bond acceptors (Lipinski definition) is 4. The second kappa shape index (κ2) is 3.71. The predicted molar refractivity (Wildman–Crippen MR) is 42.3 cm³/mol. The summed E-state index contributed by atoms with van der Waals surface area (Å²) in [6.07, 6.45) is -4.99. The highest BCUT2D eigenvalue weighted by molar-refractivity contribution is 5.41. The normalized spacial score (nSPS) is 11.2. The lowest BCUT2D eigenvalue weighted by Gasteiger charge is -2.07. The van der Waals surface area contributed by atoms with E-state index in [0.29, 0.717) is 0 Å². The van der Waals surface area contributed by atoms with Gasteiger partial charge in [0.1, 0.15) is 0 Å². The highest BCUT2D eigenvalue weighted by Crippen LogP contribution is 2.29. The van der Waals surface area contributed by atoms with Gasteiger partial charge >= 0.3 is 17.9 Å². The molecule has 15 heavy (non-hydrogen) atoms. The summed E-state index contributed by atoms with van der Waals surface area (Å²) in [5.41, 5.74) is -0.627. The Bertz CT molecular complexity index is 392. The topological polar surface area (TPSA) is 65.3 Å². The highest BCUT2D eigenvalue weighted by Gasteiger charge is 2.35. The molecule has 0 amide bonds. The molecule has 1 aromatic rings. The van der Waals surface area contributed by atoms with Crippen molar-refractivity contribution in [2.24, 2.45) is 0 Å². The van der Waals surface area contributed by atoms with Gasteiger partial charge in [-0.05, 0) is 13.0 Å². The van der Waals surface area contributed by atoms with Crippen LogP contribution in [0.25, 0.3) is 0 Å². The zero-order chi connectivity index (χ0) is 11.6. The quantitative estimate of drug-likeness (QED) is 0.568. The smallest absolute Gasteiger partial charge is 0.381 e. The number of pyridine rings is 1. The van der Waals surface area contributed by atoms with E-state index < -0.39 is 22.9 Å². The maximum Gasteiger partial charge on any atom is 0.574 e. The van der Waals surface area contributed by atoms with Crippen molar-refractivity contribution in [1.29, 1.82) is 0 Å². The van der Waals surface area contributed by atoms with E-state index in [9.17, 15) is 23.3 Å². The van der Waals surface area contributed by atoms with E-state index >= 15 is 0 Å². The molecule has 1 rings (SSSR count). The lowest BCUT2D eigenvalue weighted by molar-refractivity contribution is -0.389. The van der Waals surface area contributed by atoms with Gasteiger partial charge in [0.05, 0.1) is 4.92 Å². The standard InChI is InChI=1S/C7H5F3N2O3/c1-4-2-3-5(12(13)14)6(11-4)15-7(8,9)10/h2-3H,1H3. The number of hydrogen-bond donors (Lipinski definition) is 0. The predicted octanol–water partition coefficient (Wildman–Crippen LogP) is 2.20. The Hall–Kier alpha value is -1.86. The van der Waals surface area contributed by atoms with Crippen LogP contribution in [0.15, 0.2) is 12.1 Å². The lowest BCUT2D eigenvalue weighted by atomic mass is 10.3. The fraction of sp³-hybridized carbons (Fsp3) is 0.286. The minimum absolute atomic E-state index is 0.194. The van der Waals surface area contributed by atoms with Gasteiger partial charge in [-0.1, -0.05) is 0 Å². The highest BCUT2D eigenvalue weighted by atomic mass is 19.4. The minimum atomic E-state index is -4.99. The van der Waals surface area contributed by atoms with E-state index in [1.54, 1.807) is 0 Å². The molecule has 0 aliphatic carbocycles. The number of ether oxygens (including phenoxy) is 1. The van der Waals surface area contributed by atoms with E-state index in [1.807, 2.05) is 0 Å². The monoisotopic (exact) mass is 222 g/mol. The van der Waals surface area contributed by atoms with Crippen LogP contribution in [0.5, 0.6) is 5.88 Å². The van der Waals surface area contributed by atoms with Crippen LogP contribution in [-0.2, 0) is 0 Å². The fourth-order valence-electron chi connectivity index (χ4n) is 0.849. The molecule has 0 aromatic carbocycles. The van der Waals surface area contributed by atoms with Gasteiger partial charge in [0, 0.05) is 11.8 Å². The van der Waals surface area contributed by atoms with Crippen LogP contribution in [0.2, 0.25) is 0 Å². The fourth-order valence-corrected chi connectivity index (χ4v) is 0.849. The minimum Gasteiger partial charge on any atom is -0.381 e. The van der Waals surface area contributed by atoms with Gasteiger partial charge in [0.25, 0.3) is 0 Å². The first-order chi connectivity index (χ1) is 6.79. The Morgan fingerprint density at radius 3 is 2.53 bits per heavy atom. The molecule has 0 atom stereocenters. The zero-order valence-electron chi connectivity index (χ0n) is 7.41. The van der Waals surface area contributed by atoms with E-state index in [1.165, 1.54) is 13.0 Å². The summed E-state index contributed by atoms with van der Waals surface area (Å²) >= 11 is 0. The summed E-state index contributed by atoms with van der Waals surface area (Å²) in [6, 6.07) is 2.13. The van der Waals surface area contributed by atoms with Crippen molar-refractivity contribution in [1.82, 2.24) is 4.98 Å². The van der Waals surface area contributed by atoms with Gasteiger partial charge < -0.3 is 4.74 Å². The van der Waals surface area contributed by atoms with E-state index in [0.717, 1.165) is 6.07 Å². The third-order valence-corrected chi connectivity index (χ3v) is 1.39. The van der Waals surface area contributed by atoms with Crippen LogP contribution in [0.4, 0.5) is 18.9 Å². The second-order valence-corrected chi connectivity index (χ2v) is 2.58. The number of halogens is 3. The average Bonchev–Trinajstić information content (AvgIpc) is 1.99. The number of aromatic nitrogens is 1. The molecule has 1 heterocycles. The first kappa shape index (κ1) is 11.2. The summed E-state index contributed by atoms with van der Waals surface area (Å²) in [6.45, 7) is 1.40. The summed E-state index contributed by atoms with van der Waals surface area (Å²) in [4.78, 5) is 12.6.